The summed E-state index contributed by atoms with van der Waals surface area (Å²) in [6, 6.07) is 1.83. The number of thiophene rings is 1. The number of amides is 1. The van der Waals surface area contributed by atoms with Crippen LogP contribution in [0.2, 0.25) is 0 Å². The molecular formula is C11H10BrN3OS. The van der Waals surface area contributed by atoms with E-state index in [-0.39, 0.29) is 5.91 Å². The van der Waals surface area contributed by atoms with Crippen LogP contribution >= 0.6 is 27.3 Å². The lowest BCUT2D eigenvalue weighted by atomic mass is 10.3. The van der Waals surface area contributed by atoms with Crippen LogP contribution in [0.4, 0.5) is 5.82 Å². The highest BCUT2D eigenvalue weighted by Crippen LogP contribution is 2.28. The lowest BCUT2D eigenvalue weighted by Gasteiger charge is -2.00. The number of carbonyl (C=O) groups is 1. The molecule has 0 aromatic carbocycles. The van der Waals surface area contributed by atoms with E-state index >= 15 is 0 Å². The molecule has 2 heterocycles. The Hall–Kier alpha value is -1.27. The largest absolute Gasteiger partial charge is 0.305 e. The molecule has 0 aliphatic carbocycles. The summed E-state index contributed by atoms with van der Waals surface area (Å²) in [7, 11) is 0. The summed E-state index contributed by atoms with van der Waals surface area (Å²) in [5, 5.41) is 2.70. The number of aryl methyl sites for hydroxylation is 1. The van der Waals surface area contributed by atoms with Crippen molar-refractivity contribution in [2.24, 2.45) is 0 Å². The van der Waals surface area contributed by atoms with E-state index in [0.29, 0.717) is 10.7 Å². The Morgan fingerprint density at radius 3 is 2.94 bits per heavy atom. The zero-order chi connectivity index (χ0) is 12.3. The second kappa shape index (κ2) is 5.37. The molecule has 2 rings (SSSR count). The number of hydrogen-bond acceptors (Lipinski definition) is 4. The van der Waals surface area contributed by atoms with Crippen LogP contribution in [-0.4, -0.2) is 15.9 Å². The second-order valence-corrected chi connectivity index (χ2v) is 5.27. The first-order valence-corrected chi connectivity index (χ1v) is 6.67. The molecule has 1 amide bonds. The van der Waals surface area contributed by atoms with E-state index in [0.717, 1.165) is 15.8 Å². The van der Waals surface area contributed by atoms with Crippen molar-refractivity contribution >= 4 is 39.0 Å². The first kappa shape index (κ1) is 12.2. The van der Waals surface area contributed by atoms with E-state index in [1.54, 1.807) is 6.20 Å². The molecule has 2 aromatic rings. The van der Waals surface area contributed by atoms with Crippen molar-refractivity contribution in [1.29, 1.82) is 0 Å². The molecule has 0 spiro atoms. The van der Waals surface area contributed by atoms with Gasteiger partial charge in [0, 0.05) is 21.7 Å². The van der Waals surface area contributed by atoms with Gasteiger partial charge in [0.15, 0.2) is 5.82 Å². The molecular weight excluding hydrogens is 302 g/mol. The number of aromatic nitrogens is 2. The van der Waals surface area contributed by atoms with E-state index in [1.165, 1.54) is 23.7 Å². The van der Waals surface area contributed by atoms with Crippen molar-refractivity contribution in [3.63, 3.8) is 0 Å². The standard InChI is InChI=1S/C11H10BrN3OS/c1-2-8-7(12)5-9(17-8)11(16)15-10-6-13-3-4-14-10/h3-6H,2H2,1H3,(H,14,15,16). The van der Waals surface area contributed by atoms with Crippen LogP contribution in [0.3, 0.4) is 0 Å². The van der Waals surface area contributed by atoms with Gasteiger partial charge in [-0.25, -0.2) is 4.98 Å². The molecule has 2 aromatic heterocycles. The molecule has 17 heavy (non-hydrogen) atoms. The third-order valence-corrected chi connectivity index (χ3v) is 4.36. The van der Waals surface area contributed by atoms with Gasteiger partial charge in [0.25, 0.3) is 5.91 Å². The summed E-state index contributed by atoms with van der Waals surface area (Å²) in [5.41, 5.74) is 0. The quantitative estimate of drug-likeness (QED) is 0.947. The summed E-state index contributed by atoms with van der Waals surface area (Å²) in [5.74, 6) is 0.302. The van der Waals surface area contributed by atoms with Gasteiger partial charge in [0.2, 0.25) is 0 Å². The Balaban J connectivity index is 2.15. The van der Waals surface area contributed by atoms with E-state index in [9.17, 15) is 4.79 Å². The van der Waals surface area contributed by atoms with Crippen molar-refractivity contribution in [3.8, 4) is 0 Å². The van der Waals surface area contributed by atoms with Gasteiger partial charge in [-0.1, -0.05) is 6.92 Å². The number of halogens is 1. The fourth-order valence-electron chi connectivity index (χ4n) is 1.30. The highest BCUT2D eigenvalue weighted by molar-refractivity contribution is 9.10. The maximum absolute atomic E-state index is 11.9. The normalized spacial score (nSPS) is 10.2. The molecule has 0 aliphatic rings. The Morgan fingerprint density at radius 2 is 2.35 bits per heavy atom. The van der Waals surface area contributed by atoms with Crippen LogP contribution in [0.5, 0.6) is 0 Å². The minimum absolute atomic E-state index is 0.157. The van der Waals surface area contributed by atoms with Crippen molar-refractivity contribution in [3.05, 3.63) is 38.9 Å². The molecule has 4 nitrogen and oxygen atoms in total. The van der Waals surface area contributed by atoms with Gasteiger partial charge >= 0.3 is 0 Å². The van der Waals surface area contributed by atoms with Crippen LogP contribution in [-0.2, 0) is 6.42 Å². The molecule has 0 unspecified atom stereocenters. The van der Waals surface area contributed by atoms with Crippen LogP contribution in [0.25, 0.3) is 0 Å². The summed E-state index contributed by atoms with van der Waals surface area (Å²) in [6.45, 7) is 2.06. The maximum Gasteiger partial charge on any atom is 0.266 e. The van der Waals surface area contributed by atoms with Crippen molar-refractivity contribution in [1.82, 2.24) is 9.97 Å². The number of hydrogen-bond donors (Lipinski definition) is 1. The Morgan fingerprint density at radius 1 is 1.53 bits per heavy atom. The first-order chi connectivity index (χ1) is 8.20. The van der Waals surface area contributed by atoms with E-state index in [2.05, 4.69) is 38.1 Å². The topological polar surface area (TPSA) is 54.9 Å². The molecule has 88 valence electrons. The molecule has 0 bridgehead atoms. The van der Waals surface area contributed by atoms with Gasteiger partial charge in [0.05, 0.1) is 11.1 Å². The van der Waals surface area contributed by atoms with Crippen LogP contribution in [0, 0.1) is 0 Å². The average molecular weight is 312 g/mol. The molecule has 0 fully saturated rings. The molecule has 0 saturated heterocycles. The van der Waals surface area contributed by atoms with E-state index in [1.807, 2.05) is 6.07 Å². The second-order valence-electron chi connectivity index (χ2n) is 3.28. The smallest absolute Gasteiger partial charge is 0.266 e. The number of carbonyl (C=O) groups excluding carboxylic acids is 1. The fourth-order valence-corrected chi connectivity index (χ4v) is 3.09. The summed E-state index contributed by atoms with van der Waals surface area (Å²) in [6.07, 6.45) is 5.52. The van der Waals surface area contributed by atoms with Gasteiger partial charge in [0.1, 0.15) is 0 Å². The number of anilines is 1. The third kappa shape index (κ3) is 2.89. The number of nitrogens with zero attached hydrogens (tertiary/aromatic N) is 2. The molecule has 0 saturated carbocycles. The predicted molar refractivity (Wildman–Crippen MR) is 71.4 cm³/mol. The summed E-state index contributed by atoms with van der Waals surface area (Å²) >= 11 is 4.91. The van der Waals surface area contributed by atoms with Gasteiger partial charge in [-0.2, -0.15) is 0 Å². The van der Waals surface area contributed by atoms with E-state index < -0.39 is 0 Å². The monoisotopic (exact) mass is 311 g/mol. The molecule has 1 N–H and O–H groups in total. The van der Waals surface area contributed by atoms with Crippen LogP contribution in [0.1, 0.15) is 21.5 Å². The highest BCUT2D eigenvalue weighted by Gasteiger charge is 2.12. The summed E-state index contributed by atoms with van der Waals surface area (Å²) in [4.78, 5) is 21.6. The lowest BCUT2D eigenvalue weighted by Crippen LogP contribution is -2.11. The maximum atomic E-state index is 11.9. The summed E-state index contributed by atoms with van der Waals surface area (Å²) < 4.78 is 0.981. The van der Waals surface area contributed by atoms with Crippen LogP contribution < -0.4 is 5.32 Å². The zero-order valence-corrected chi connectivity index (χ0v) is 11.5. The lowest BCUT2D eigenvalue weighted by molar-refractivity contribution is 0.103. The minimum Gasteiger partial charge on any atom is -0.305 e. The zero-order valence-electron chi connectivity index (χ0n) is 9.11. The third-order valence-electron chi connectivity index (χ3n) is 2.11. The van der Waals surface area contributed by atoms with Gasteiger partial charge in [-0.05, 0) is 28.4 Å². The van der Waals surface area contributed by atoms with Gasteiger partial charge in [-0.3, -0.25) is 9.78 Å². The molecule has 6 heteroatoms. The molecule has 0 atom stereocenters. The Bertz CT molecular complexity index is 527. The Kier molecular flexibility index (Phi) is 3.86. The van der Waals surface area contributed by atoms with Gasteiger partial charge in [-0.15, -0.1) is 11.3 Å². The van der Waals surface area contributed by atoms with Crippen molar-refractivity contribution < 1.29 is 4.79 Å². The number of nitrogens with one attached hydrogen (secondary N) is 1. The predicted octanol–water partition coefficient (Wildman–Crippen LogP) is 3.12. The van der Waals surface area contributed by atoms with E-state index in [4.69, 9.17) is 0 Å². The van der Waals surface area contributed by atoms with Crippen molar-refractivity contribution in [2.75, 3.05) is 5.32 Å². The average Bonchev–Trinajstić information content (AvgIpc) is 2.72. The SMILES string of the molecule is CCc1sc(C(=O)Nc2cnccn2)cc1Br. The van der Waals surface area contributed by atoms with Crippen LogP contribution in [0.15, 0.2) is 29.1 Å². The molecule has 0 radical (unpaired) electrons. The Labute approximate surface area is 111 Å². The van der Waals surface area contributed by atoms with Gasteiger partial charge < -0.3 is 5.32 Å². The number of rotatable bonds is 3. The first-order valence-electron chi connectivity index (χ1n) is 5.06. The van der Waals surface area contributed by atoms with Crippen molar-refractivity contribution in [2.45, 2.75) is 13.3 Å². The minimum atomic E-state index is -0.157. The fraction of sp³-hybridized carbons (Fsp3) is 0.182. The highest BCUT2D eigenvalue weighted by atomic mass is 79.9. The molecule has 0 aliphatic heterocycles.